The number of hydrogen-bond acceptors (Lipinski definition) is 4. The van der Waals surface area contributed by atoms with Gasteiger partial charge in [-0.05, 0) is 49.9 Å². The first-order valence-corrected chi connectivity index (χ1v) is 8.65. The van der Waals surface area contributed by atoms with Crippen molar-refractivity contribution in [2.45, 2.75) is 52.4 Å². The molecule has 5 heteroatoms. The first kappa shape index (κ1) is 15.5. The number of fused-ring (bicyclic) bond motifs is 2. The first-order chi connectivity index (χ1) is 10.6. The van der Waals surface area contributed by atoms with Gasteiger partial charge >= 0.3 is 5.97 Å². The fraction of sp³-hybridized carbons (Fsp3) is 0.824. The molecule has 1 saturated carbocycles. The molecule has 2 aliphatic rings. The smallest absolute Gasteiger partial charge is 0.308 e. The summed E-state index contributed by atoms with van der Waals surface area (Å²) in [6.45, 7) is 4.69. The molecule has 0 aromatic carbocycles. The van der Waals surface area contributed by atoms with Crippen molar-refractivity contribution < 1.29 is 9.53 Å². The van der Waals surface area contributed by atoms with Crippen molar-refractivity contribution in [2.75, 3.05) is 6.61 Å². The molecule has 0 spiro atoms. The fourth-order valence-electron chi connectivity index (χ4n) is 4.03. The number of rotatable bonds is 5. The van der Waals surface area contributed by atoms with Crippen LogP contribution in [0.3, 0.4) is 0 Å². The summed E-state index contributed by atoms with van der Waals surface area (Å²) in [6, 6.07) is 0. The molecule has 1 heterocycles. The molecule has 2 aliphatic carbocycles. The Kier molecular flexibility index (Phi) is 4.50. The summed E-state index contributed by atoms with van der Waals surface area (Å²) in [5.74, 6) is 2.02. The maximum absolute atomic E-state index is 11.9. The second kappa shape index (κ2) is 6.39. The molecule has 4 atom stereocenters. The monoisotopic (exact) mass is 305 g/mol. The van der Waals surface area contributed by atoms with Crippen molar-refractivity contribution in [2.24, 2.45) is 30.7 Å². The largest absolute Gasteiger partial charge is 0.465 e. The standard InChI is InChI=1S/C17H27N3O2/c1-4-5-11(2)17(21)22-10-14-12-6-8-15-16(9-7-13(12)14)20(3)19-18-15/h11-14H,4-10H2,1-3H3/t11?,12-,13+,14-/m1/s1. The molecular weight excluding hydrogens is 278 g/mol. The van der Waals surface area contributed by atoms with Gasteiger partial charge in [0.2, 0.25) is 0 Å². The predicted molar refractivity (Wildman–Crippen MR) is 83.1 cm³/mol. The third-order valence-corrected chi connectivity index (χ3v) is 5.50. The van der Waals surface area contributed by atoms with Gasteiger partial charge in [0.15, 0.2) is 0 Å². The van der Waals surface area contributed by atoms with Crippen LogP contribution in [-0.2, 0) is 29.4 Å². The zero-order valence-corrected chi connectivity index (χ0v) is 13.9. The number of nitrogens with zero attached hydrogens (tertiary/aromatic N) is 3. The molecule has 0 amide bonds. The van der Waals surface area contributed by atoms with Gasteiger partial charge in [-0.25, -0.2) is 0 Å². The van der Waals surface area contributed by atoms with Crippen molar-refractivity contribution >= 4 is 5.97 Å². The Morgan fingerprint density at radius 1 is 1.36 bits per heavy atom. The van der Waals surface area contributed by atoms with Crippen molar-refractivity contribution in [1.29, 1.82) is 0 Å². The molecule has 1 aromatic rings. The van der Waals surface area contributed by atoms with Crippen LogP contribution < -0.4 is 0 Å². The van der Waals surface area contributed by atoms with E-state index in [1.165, 1.54) is 17.8 Å². The molecule has 1 unspecified atom stereocenters. The summed E-state index contributed by atoms with van der Waals surface area (Å²) in [7, 11) is 1.98. The van der Waals surface area contributed by atoms with Crippen LogP contribution in [0, 0.1) is 23.7 Å². The Balaban J connectivity index is 1.50. The Morgan fingerprint density at radius 2 is 2.09 bits per heavy atom. The number of carbonyl (C=O) groups excluding carboxylic acids is 1. The summed E-state index contributed by atoms with van der Waals surface area (Å²) in [5, 5.41) is 8.42. The molecule has 0 bridgehead atoms. The number of aromatic nitrogens is 3. The van der Waals surface area contributed by atoms with Crippen LogP contribution >= 0.6 is 0 Å². The van der Waals surface area contributed by atoms with Gasteiger partial charge in [0.05, 0.1) is 23.9 Å². The van der Waals surface area contributed by atoms with E-state index in [2.05, 4.69) is 17.2 Å². The summed E-state index contributed by atoms with van der Waals surface area (Å²) in [6.07, 6.45) is 6.35. The second-order valence-corrected chi connectivity index (χ2v) is 7.00. The highest BCUT2D eigenvalue weighted by molar-refractivity contribution is 5.71. The Bertz CT molecular complexity index is 540. The molecular formula is C17H27N3O2. The molecule has 0 N–H and O–H groups in total. The highest BCUT2D eigenvalue weighted by Gasteiger charge is 2.50. The van der Waals surface area contributed by atoms with Crippen LogP contribution in [-0.4, -0.2) is 27.6 Å². The summed E-state index contributed by atoms with van der Waals surface area (Å²) in [4.78, 5) is 11.9. The Hall–Kier alpha value is -1.39. The van der Waals surface area contributed by atoms with Crippen LogP contribution in [0.25, 0.3) is 0 Å². The van der Waals surface area contributed by atoms with E-state index < -0.39 is 0 Å². The highest BCUT2D eigenvalue weighted by Crippen LogP contribution is 2.52. The van der Waals surface area contributed by atoms with Crippen LogP contribution in [0.1, 0.15) is 50.9 Å². The number of hydrogen-bond donors (Lipinski definition) is 0. The molecule has 5 nitrogen and oxygen atoms in total. The van der Waals surface area contributed by atoms with Gasteiger partial charge in [0, 0.05) is 7.05 Å². The van der Waals surface area contributed by atoms with Crippen molar-refractivity contribution in [3.8, 4) is 0 Å². The Labute approximate surface area is 132 Å². The third kappa shape index (κ3) is 3.03. The maximum atomic E-state index is 11.9. The maximum Gasteiger partial charge on any atom is 0.308 e. The van der Waals surface area contributed by atoms with Gasteiger partial charge in [-0.3, -0.25) is 9.48 Å². The lowest BCUT2D eigenvalue weighted by atomic mass is 10.0. The van der Waals surface area contributed by atoms with Gasteiger partial charge in [-0.1, -0.05) is 25.5 Å². The van der Waals surface area contributed by atoms with Gasteiger partial charge in [-0.15, -0.1) is 5.10 Å². The summed E-state index contributed by atoms with van der Waals surface area (Å²) in [5.41, 5.74) is 2.46. The van der Waals surface area contributed by atoms with E-state index in [-0.39, 0.29) is 11.9 Å². The first-order valence-electron chi connectivity index (χ1n) is 8.65. The average Bonchev–Trinajstić information content (AvgIpc) is 3.02. The zero-order valence-electron chi connectivity index (χ0n) is 13.9. The van der Waals surface area contributed by atoms with Crippen LogP contribution in [0.4, 0.5) is 0 Å². The predicted octanol–water partition coefficient (Wildman–Crippen LogP) is 2.54. The van der Waals surface area contributed by atoms with E-state index in [4.69, 9.17) is 4.74 Å². The average molecular weight is 305 g/mol. The highest BCUT2D eigenvalue weighted by atomic mass is 16.5. The minimum Gasteiger partial charge on any atom is -0.465 e. The normalized spacial score (nSPS) is 28.0. The van der Waals surface area contributed by atoms with Crippen LogP contribution in [0.5, 0.6) is 0 Å². The minimum absolute atomic E-state index is 0.0183. The van der Waals surface area contributed by atoms with Gasteiger partial charge in [0.1, 0.15) is 0 Å². The van der Waals surface area contributed by atoms with Crippen LogP contribution in [0.15, 0.2) is 0 Å². The topological polar surface area (TPSA) is 57.0 Å². The molecule has 122 valence electrons. The quantitative estimate of drug-likeness (QED) is 0.784. The van der Waals surface area contributed by atoms with E-state index in [0.717, 1.165) is 38.0 Å². The molecule has 22 heavy (non-hydrogen) atoms. The number of esters is 1. The van der Waals surface area contributed by atoms with E-state index in [1.54, 1.807) is 0 Å². The van der Waals surface area contributed by atoms with Crippen LogP contribution in [0.2, 0.25) is 0 Å². The van der Waals surface area contributed by atoms with Crippen molar-refractivity contribution in [1.82, 2.24) is 15.0 Å². The molecule has 0 radical (unpaired) electrons. The molecule has 0 aliphatic heterocycles. The van der Waals surface area contributed by atoms with E-state index in [9.17, 15) is 4.79 Å². The van der Waals surface area contributed by atoms with Crippen molar-refractivity contribution in [3.63, 3.8) is 0 Å². The Morgan fingerprint density at radius 3 is 2.82 bits per heavy atom. The lowest BCUT2D eigenvalue weighted by Gasteiger charge is -2.10. The SMILES string of the molecule is CCCC(C)C(=O)OC[C@@H]1[C@@H]2CCc3nnn(C)c3CC[C@@H]21. The van der Waals surface area contributed by atoms with E-state index in [1.807, 2.05) is 18.7 Å². The van der Waals surface area contributed by atoms with Gasteiger partial charge < -0.3 is 4.74 Å². The third-order valence-electron chi connectivity index (χ3n) is 5.50. The van der Waals surface area contributed by atoms with E-state index >= 15 is 0 Å². The minimum atomic E-state index is -0.0183. The zero-order chi connectivity index (χ0) is 15.7. The summed E-state index contributed by atoms with van der Waals surface area (Å²) >= 11 is 0. The number of carbonyl (C=O) groups is 1. The second-order valence-electron chi connectivity index (χ2n) is 7.00. The van der Waals surface area contributed by atoms with Gasteiger partial charge in [0.25, 0.3) is 0 Å². The molecule has 1 aromatic heterocycles. The van der Waals surface area contributed by atoms with Gasteiger partial charge in [-0.2, -0.15) is 0 Å². The molecule has 1 fully saturated rings. The molecule has 3 rings (SSSR count). The number of aryl methyl sites for hydroxylation is 2. The molecule has 0 saturated heterocycles. The van der Waals surface area contributed by atoms with Crippen molar-refractivity contribution in [3.05, 3.63) is 11.4 Å². The summed E-state index contributed by atoms with van der Waals surface area (Å²) < 4.78 is 7.48. The lowest BCUT2D eigenvalue weighted by Crippen LogP contribution is -2.16. The lowest BCUT2D eigenvalue weighted by molar-refractivity contribution is -0.148. The van der Waals surface area contributed by atoms with E-state index in [0.29, 0.717) is 18.4 Å². The fourth-order valence-corrected chi connectivity index (χ4v) is 4.03. The number of ether oxygens (including phenoxy) is 1.